The van der Waals surface area contributed by atoms with Crippen LogP contribution in [-0.4, -0.2) is 28.3 Å². The molecule has 0 aromatic carbocycles. The standard InChI is InChI=1S/C8H8N4O2/c1-14-7-5-2-4(3-13)10-6(5)11-8(9)12-7/h2-3H,1H3,(H3,9,10,11,12). The van der Waals surface area contributed by atoms with Gasteiger partial charge in [-0.25, -0.2) is 0 Å². The van der Waals surface area contributed by atoms with Crippen LogP contribution in [0.15, 0.2) is 6.07 Å². The maximum Gasteiger partial charge on any atom is 0.227 e. The number of rotatable bonds is 2. The van der Waals surface area contributed by atoms with Crippen LogP contribution in [0.5, 0.6) is 5.88 Å². The molecule has 0 bridgehead atoms. The quantitative estimate of drug-likeness (QED) is 0.670. The maximum atomic E-state index is 10.5. The minimum Gasteiger partial charge on any atom is -0.480 e. The molecule has 0 spiro atoms. The fraction of sp³-hybridized carbons (Fsp3) is 0.125. The van der Waals surface area contributed by atoms with Crippen LogP contribution in [0.3, 0.4) is 0 Å². The van der Waals surface area contributed by atoms with E-state index in [0.717, 1.165) is 0 Å². The minimum atomic E-state index is 0.105. The number of nitrogen functional groups attached to an aromatic ring is 1. The van der Waals surface area contributed by atoms with Crippen molar-refractivity contribution in [2.24, 2.45) is 0 Å². The summed E-state index contributed by atoms with van der Waals surface area (Å²) in [5.74, 6) is 0.463. The zero-order valence-corrected chi connectivity index (χ0v) is 7.44. The molecule has 6 nitrogen and oxygen atoms in total. The van der Waals surface area contributed by atoms with Crippen LogP contribution in [-0.2, 0) is 0 Å². The Morgan fingerprint density at radius 3 is 3.00 bits per heavy atom. The van der Waals surface area contributed by atoms with Crippen LogP contribution in [0.25, 0.3) is 11.0 Å². The summed E-state index contributed by atoms with van der Waals surface area (Å²) in [6, 6.07) is 1.61. The van der Waals surface area contributed by atoms with Crippen molar-refractivity contribution < 1.29 is 9.53 Å². The second kappa shape index (κ2) is 2.99. The first-order valence-corrected chi connectivity index (χ1v) is 3.90. The molecule has 3 N–H and O–H groups in total. The fourth-order valence-electron chi connectivity index (χ4n) is 1.24. The first-order chi connectivity index (χ1) is 6.74. The molecule has 2 aromatic heterocycles. The van der Waals surface area contributed by atoms with Crippen molar-refractivity contribution in [3.05, 3.63) is 11.8 Å². The number of hydrogen-bond acceptors (Lipinski definition) is 5. The third kappa shape index (κ3) is 1.17. The summed E-state index contributed by atoms with van der Waals surface area (Å²) >= 11 is 0. The third-order valence-electron chi connectivity index (χ3n) is 1.81. The lowest BCUT2D eigenvalue weighted by Gasteiger charge is -1.99. The van der Waals surface area contributed by atoms with Crippen LogP contribution in [0, 0.1) is 0 Å². The van der Waals surface area contributed by atoms with Crippen LogP contribution in [0.4, 0.5) is 5.95 Å². The lowest BCUT2D eigenvalue weighted by Crippen LogP contribution is -1.97. The van der Waals surface area contributed by atoms with Gasteiger partial charge >= 0.3 is 0 Å². The Bertz CT molecular complexity index is 491. The number of nitrogens with one attached hydrogen (secondary N) is 1. The highest BCUT2D eigenvalue weighted by Crippen LogP contribution is 2.22. The van der Waals surface area contributed by atoms with E-state index in [-0.39, 0.29) is 5.95 Å². The van der Waals surface area contributed by atoms with Gasteiger partial charge in [-0.1, -0.05) is 0 Å². The number of H-pyrrole nitrogens is 1. The van der Waals surface area contributed by atoms with Crippen LogP contribution < -0.4 is 10.5 Å². The molecule has 0 saturated heterocycles. The van der Waals surface area contributed by atoms with Gasteiger partial charge in [-0.2, -0.15) is 9.97 Å². The molecule has 2 aromatic rings. The van der Waals surface area contributed by atoms with E-state index in [1.54, 1.807) is 6.07 Å². The van der Waals surface area contributed by atoms with E-state index < -0.39 is 0 Å². The van der Waals surface area contributed by atoms with E-state index in [2.05, 4.69) is 15.0 Å². The average molecular weight is 192 g/mol. The number of hydrogen-bond donors (Lipinski definition) is 2. The summed E-state index contributed by atoms with van der Waals surface area (Å²) in [5, 5.41) is 0.642. The number of aromatic amines is 1. The van der Waals surface area contributed by atoms with E-state index in [4.69, 9.17) is 10.5 Å². The van der Waals surface area contributed by atoms with Gasteiger partial charge in [0.25, 0.3) is 0 Å². The Hall–Kier alpha value is -2.11. The number of fused-ring (bicyclic) bond motifs is 1. The molecule has 2 heterocycles. The van der Waals surface area contributed by atoms with Crippen molar-refractivity contribution in [1.29, 1.82) is 0 Å². The van der Waals surface area contributed by atoms with Crippen LogP contribution in [0.2, 0.25) is 0 Å². The Morgan fingerprint density at radius 1 is 1.57 bits per heavy atom. The molecule has 0 atom stereocenters. The number of carbonyl (C=O) groups excluding carboxylic acids is 1. The molecule has 0 fully saturated rings. The molecule has 0 unspecified atom stereocenters. The van der Waals surface area contributed by atoms with Crippen molar-refractivity contribution >= 4 is 23.3 Å². The molecule has 0 radical (unpaired) electrons. The fourth-order valence-corrected chi connectivity index (χ4v) is 1.24. The van der Waals surface area contributed by atoms with Gasteiger partial charge in [-0.15, -0.1) is 0 Å². The van der Waals surface area contributed by atoms with E-state index in [9.17, 15) is 4.79 Å². The summed E-state index contributed by atoms with van der Waals surface area (Å²) in [5.41, 5.74) is 6.35. The highest BCUT2D eigenvalue weighted by Gasteiger charge is 2.09. The van der Waals surface area contributed by atoms with Gasteiger partial charge in [-0.05, 0) is 6.07 Å². The number of aldehydes is 1. The van der Waals surface area contributed by atoms with Crippen LogP contribution >= 0.6 is 0 Å². The van der Waals surface area contributed by atoms with Crippen molar-refractivity contribution in [2.75, 3.05) is 12.8 Å². The summed E-state index contributed by atoms with van der Waals surface area (Å²) < 4.78 is 5.00. The molecule has 0 amide bonds. The van der Waals surface area contributed by atoms with Crippen molar-refractivity contribution in [3.63, 3.8) is 0 Å². The lowest BCUT2D eigenvalue weighted by atomic mass is 10.3. The van der Waals surface area contributed by atoms with Crippen molar-refractivity contribution in [2.45, 2.75) is 0 Å². The normalized spacial score (nSPS) is 10.4. The largest absolute Gasteiger partial charge is 0.480 e. The van der Waals surface area contributed by atoms with Gasteiger partial charge < -0.3 is 15.5 Å². The lowest BCUT2D eigenvalue weighted by molar-refractivity contribution is 0.112. The summed E-state index contributed by atoms with van der Waals surface area (Å²) in [6.45, 7) is 0. The van der Waals surface area contributed by atoms with Crippen LogP contribution in [0.1, 0.15) is 10.5 Å². The summed E-state index contributed by atoms with van der Waals surface area (Å²) in [4.78, 5) is 21.1. The van der Waals surface area contributed by atoms with E-state index >= 15 is 0 Å². The average Bonchev–Trinajstić information content (AvgIpc) is 2.59. The van der Waals surface area contributed by atoms with Gasteiger partial charge in [0, 0.05) is 0 Å². The molecular formula is C8H8N4O2. The molecule has 0 aliphatic rings. The van der Waals surface area contributed by atoms with Gasteiger partial charge in [-0.3, -0.25) is 4.79 Å². The zero-order chi connectivity index (χ0) is 10.1. The Labute approximate surface area is 79.1 Å². The highest BCUT2D eigenvalue weighted by molar-refractivity contribution is 5.89. The number of ether oxygens (including phenoxy) is 1. The van der Waals surface area contributed by atoms with E-state index in [1.165, 1.54) is 7.11 Å². The summed E-state index contributed by atoms with van der Waals surface area (Å²) in [6.07, 6.45) is 0.692. The molecule has 14 heavy (non-hydrogen) atoms. The van der Waals surface area contributed by atoms with Gasteiger partial charge in [0.05, 0.1) is 18.2 Å². The number of aromatic nitrogens is 3. The Balaban J connectivity index is 2.77. The van der Waals surface area contributed by atoms with Gasteiger partial charge in [0.15, 0.2) is 6.29 Å². The molecule has 0 aliphatic heterocycles. The Morgan fingerprint density at radius 2 is 2.36 bits per heavy atom. The smallest absolute Gasteiger partial charge is 0.227 e. The topological polar surface area (TPSA) is 93.9 Å². The number of methoxy groups -OCH3 is 1. The second-order valence-electron chi connectivity index (χ2n) is 2.70. The number of nitrogens with zero attached hydrogens (tertiary/aromatic N) is 2. The maximum absolute atomic E-state index is 10.5. The van der Waals surface area contributed by atoms with Gasteiger partial charge in [0.1, 0.15) is 5.65 Å². The minimum absolute atomic E-state index is 0.105. The monoisotopic (exact) mass is 192 g/mol. The molecule has 72 valence electrons. The Kier molecular flexibility index (Phi) is 1.81. The number of carbonyl (C=O) groups is 1. The van der Waals surface area contributed by atoms with Gasteiger partial charge in [0.2, 0.25) is 11.8 Å². The molecule has 2 rings (SSSR count). The molecule has 0 aliphatic carbocycles. The second-order valence-corrected chi connectivity index (χ2v) is 2.70. The molecule has 6 heteroatoms. The SMILES string of the molecule is COc1nc(N)nc2[nH]c(C=O)cc12. The van der Waals surface area contributed by atoms with Crippen molar-refractivity contribution in [1.82, 2.24) is 15.0 Å². The highest BCUT2D eigenvalue weighted by atomic mass is 16.5. The first kappa shape index (κ1) is 8.49. The zero-order valence-electron chi connectivity index (χ0n) is 7.44. The molecular weight excluding hydrogens is 184 g/mol. The molecule has 0 saturated carbocycles. The first-order valence-electron chi connectivity index (χ1n) is 3.90. The van der Waals surface area contributed by atoms with Crippen molar-refractivity contribution in [3.8, 4) is 5.88 Å². The predicted octanol–water partition coefficient (Wildman–Crippen LogP) is 0.361. The van der Waals surface area contributed by atoms with E-state index in [0.29, 0.717) is 28.9 Å². The third-order valence-corrected chi connectivity index (χ3v) is 1.81. The number of anilines is 1. The number of nitrogens with two attached hydrogens (primary N) is 1. The summed E-state index contributed by atoms with van der Waals surface area (Å²) in [7, 11) is 1.48. The van der Waals surface area contributed by atoms with E-state index in [1.807, 2.05) is 0 Å². The predicted molar refractivity (Wildman–Crippen MR) is 50.2 cm³/mol.